The molecule has 0 fully saturated rings. The minimum atomic E-state index is 0.0241. The first kappa shape index (κ1) is 12.5. The first-order valence-corrected chi connectivity index (χ1v) is 5.29. The van der Waals surface area contributed by atoms with Crippen molar-refractivity contribution in [3.63, 3.8) is 0 Å². The predicted molar refractivity (Wildman–Crippen MR) is 69.4 cm³/mol. The Morgan fingerprint density at radius 2 is 1.88 bits per heavy atom. The molecule has 0 saturated carbocycles. The van der Waals surface area contributed by atoms with Gasteiger partial charge in [-0.25, -0.2) is 0 Å². The molecule has 0 N–H and O–H groups in total. The molecule has 0 amide bonds. The maximum atomic E-state index is 11.5. The van der Waals surface area contributed by atoms with Gasteiger partial charge >= 0.3 is 0 Å². The maximum absolute atomic E-state index is 11.5. The Bertz CT molecular complexity index is 438. The lowest BCUT2D eigenvalue weighted by atomic mass is 10.0. The number of benzene rings is 1. The number of Topliss-reactive ketones (excluding diaryl/α,β-unsaturated/α-hetero) is 1. The lowest BCUT2D eigenvalue weighted by Crippen LogP contribution is -1.95. The van der Waals surface area contributed by atoms with Crippen LogP contribution < -0.4 is 0 Å². The molecule has 0 aliphatic carbocycles. The van der Waals surface area contributed by atoms with Gasteiger partial charge in [-0.3, -0.25) is 4.79 Å². The van der Waals surface area contributed by atoms with Crippen LogP contribution >= 0.6 is 11.6 Å². The molecule has 1 rings (SSSR count). The highest BCUT2D eigenvalue weighted by Gasteiger charge is 2.05. The van der Waals surface area contributed by atoms with Crippen molar-refractivity contribution in [1.82, 2.24) is 0 Å². The van der Waals surface area contributed by atoms with Crippen molar-refractivity contribution in [2.75, 3.05) is 0 Å². The second-order valence-electron chi connectivity index (χ2n) is 3.26. The third-order valence-corrected chi connectivity index (χ3v) is 2.30. The zero-order chi connectivity index (χ0) is 12.0. The summed E-state index contributed by atoms with van der Waals surface area (Å²) < 4.78 is 0. The van der Waals surface area contributed by atoms with Crippen LogP contribution in [-0.4, -0.2) is 5.78 Å². The average Bonchev–Trinajstić information content (AvgIpc) is 2.26. The molecule has 0 spiro atoms. The number of hydrogen-bond acceptors (Lipinski definition) is 1. The van der Waals surface area contributed by atoms with Crippen molar-refractivity contribution in [2.24, 2.45) is 0 Å². The van der Waals surface area contributed by atoms with Gasteiger partial charge in [0.05, 0.1) is 0 Å². The van der Waals surface area contributed by atoms with Crippen LogP contribution in [0.2, 0.25) is 5.02 Å². The van der Waals surface area contributed by atoms with Crippen LogP contribution in [0.4, 0.5) is 0 Å². The SMILES string of the molecule is C=CC=CC=C(C(C)=O)c1ccc(Cl)cc1. The molecule has 0 aliphatic heterocycles. The van der Waals surface area contributed by atoms with Crippen LogP contribution in [-0.2, 0) is 4.79 Å². The minimum Gasteiger partial charge on any atom is -0.294 e. The van der Waals surface area contributed by atoms with Crippen molar-refractivity contribution in [2.45, 2.75) is 6.92 Å². The van der Waals surface area contributed by atoms with E-state index in [2.05, 4.69) is 6.58 Å². The first-order chi connectivity index (χ1) is 7.65. The zero-order valence-electron chi connectivity index (χ0n) is 9.11. The monoisotopic (exact) mass is 232 g/mol. The summed E-state index contributed by atoms with van der Waals surface area (Å²) in [6, 6.07) is 7.20. The molecule has 1 aromatic rings. The molecule has 0 bridgehead atoms. The van der Waals surface area contributed by atoms with Crippen molar-refractivity contribution in [1.29, 1.82) is 0 Å². The van der Waals surface area contributed by atoms with Crippen LogP contribution in [0.1, 0.15) is 12.5 Å². The Morgan fingerprint density at radius 1 is 1.25 bits per heavy atom. The molecule has 2 heteroatoms. The molecule has 0 saturated heterocycles. The molecule has 16 heavy (non-hydrogen) atoms. The van der Waals surface area contributed by atoms with E-state index >= 15 is 0 Å². The molecule has 82 valence electrons. The number of carbonyl (C=O) groups is 1. The van der Waals surface area contributed by atoms with Gasteiger partial charge < -0.3 is 0 Å². The van der Waals surface area contributed by atoms with Gasteiger partial charge in [0.15, 0.2) is 5.78 Å². The fourth-order valence-corrected chi connectivity index (χ4v) is 1.40. The molecule has 0 heterocycles. The number of ketones is 1. The smallest absolute Gasteiger partial charge is 0.160 e. The summed E-state index contributed by atoms with van der Waals surface area (Å²) in [6.45, 7) is 5.11. The Morgan fingerprint density at radius 3 is 2.38 bits per heavy atom. The van der Waals surface area contributed by atoms with Gasteiger partial charge in [0.1, 0.15) is 0 Å². The van der Waals surface area contributed by atoms with Crippen molar-refractivity contribution in [3.05, 3.63) is 65.7 Å². The Hall–Kier alpha value is -1.60. The van der Waals surface area contributed by atoms with Gasteiger partial charge in [-0.2, -0.15) is 0 Å². The highest BCUT2D eigenvalue weighted by atomic mass is 35.5. The molecule has 0 radical (unpaired) electrons. The Balaban J connectivity index is 3.07. The molecule has 1 nitrogen and oxygen atoms in total. The number of halogens is 1. The summed E-state index contributed by atoms with van der Waals surface area (Å²) in [4.78, 5) is 11.5. The van der Waals surface area contributed by atoms with E-state index in [1.165, 1.54) is 0 Å². The van der Waals surface area contributed by atoms with E-state index < -0.39 is 0 Å². The van der Waals surface area contributed by atoms with Gasteiger partial charge in [0.25, 0.3) is 0 Å². The van der Waals surface area contributed by atoms with E-state index in [1.54, 1.807) is 43.4 Å². The van der Waals surface area contributed by atoms with E-state index in [-0.39, 0.29) is 5.78 Å². The fraction of sp³-hybridized carbons (Fsp3) is 0.0714. The summed E-state index contributed by atoms with van der Waals surface area (Å²) in [7, 11) is 0. The number of allylic oxidation sites excluding steroid dienone is 5. The van der Waals surface area contributed by atoms with Crippen molar-refractivity contribution < 1.29 is 4.79 Å². The lowest BCUT2D eigenvalue weighted by Gasteiger charge is -2.02. The van der Waals surface area contributed by atoms with E-state index in [9.17, 15) is 4.79 Å². The molecule has 0 unspecified atom stereocenters. The fourth-order valence-electron chi connectivity index (χ4n) is 1.28. The second kappa shape index (κ2) is 6.09. The van der Waals surface area contributed by atoms with Crippen LogP contribution in [0.25, 0.3) is 5.57 Å². The average molecular weight is 233 g/mol. The number of hydrogen-bond donors (Lipinski definition) is 0. The van der Waals surface area contributed by atoms with E-state index in [0.717, 1.165) is 5.56 Å². The topological polar surface area (TPSA) is 17.1 Å². The second-order valence-corrected chi connectivity index (χ2v) is 3.70. The highest BCUT2D eigenvalue weighted by Crippen LogP contribution is 2.18. The van der Waals surface area contributed by atoms with Gasteiger partial charge in [-0.1, -0.05) is 54.6 Å². The van der Waals surface area contributed by atoms with Gasteiger partial charge in [0, 0.05) is 10.6 Å². The molecular formula is C14H13ClO. The number of carbonyl (C=O) groups excluding carboxylic acids is 1. The van der Waals surface area contributed by atoms with Crippen LogP contribution in [0.5, 0.6) is 0 Å². The lowest BCUT2D eigenvalue weighted by molar-refractivity contribution is -0.111. The first-order valence-electron chi connectivity index (χ1n) is 4.91. The molecular weight excluding hydrogens is 220 g/mol. The van der Waals surface area contributed by atoms with Gasteiger partial charge in [-0.05, 0) is 24.6 Å². The third-order valence-electron chi connectivity index (χ3n) is 2.04. The standard InChI is InChI=1S/C14H13ClO/c1-3-4-5-6-14(11(2)16)12-7-9-13(15)10-8-12/h3-10H,1H2,2H3. The minimum absolute atomic E-state index is 0.0241. The summed E-state index contributed by atoms with van der Waals surface area (Å²) in [5, 5.41) is 0.660. The Labute approximate surface area is 101 Å². The highest BCUT2D eigenvalue weighted by molar-refractivity contribution is 6.30. The van der Waals surface area contributed by atoms with E-state index in [0.29, 0.717) is 10.6 Å². The quantitative estimate of drug-likeness (QED) is 0.565. The van der Waals surface area contributed by atoms with Crippen molar-refractivity contribution >= 4 is 23.0 Å². The summed E-state index contributed by atoms with van der Waals surface area (Å²) in [5.41, 5.74) is 1.53. The van der Waals surface area contributed by atoms with Gasteiger partial charge in [-0.15, -0.1) is 0 Å². The largest absolute Gasteiger partial charge is 0.294 e. The predicted octanol–water partition coefficient (Wildman–Crippen LogP) is 4.05. The molecule has 1 aromatic carbocycles. The van der Waals surface area contributed by atoms with Crippen molar-refractivity contribution in [3.8, 4) is 0 Å². The molecule has 0 aliphatic rings. The summed E-state index contributed by atoms with van der Waals surface area (Å²) in [6.07, 6.45) is 7.00. The normalized spacial score (nSPS) is 11.8. The summed E-state index contributed by atoms with van der Waals surface area (Å²) in [5.74, 6) is 0.0241. The third kappa shape index (κ3) is 3.52. The summed E-state index contributed by atoms with van der Waals surface area (Å²) >= 11 is 5.79. The Kier molecular flexibility index (Phi) is 4.74. The van der Waals surface area contributed by atoms with Crippen LogP contribution in [0.3, 0.4) is 0 Å². The van der Waals surface area contributed by atoms with E-state index in [1.807, 2.05) is 12.1 Å². The van der Waals surface area contributed by atoms with E-state index in [4.69, 9.17) is 11.6 Å². The molecule has 0 atom stereocenters. The van der Waals surface area contributed by atoms with Crippen LogP contribution in [0, 0.1) is 0 Å². The zero-order valence-corrected chi connectivity index (χ0v) is 9.87. The maximum Gasteiger partial charge on any atom is 0.160 e. The number of rotatable bonds is 4. The van der Waals surface area contributed by atoms with Crippen LogP contribution in [0.15, 0.2) is 55.1 Å². The van der Waals surface area contributed by atoms with Gasteiger partial charge in [0.2, 0.25) is 0 Å². The molecule has 0 aromatic heterocycles.